The topological polar surface area (TPSA) is 66.4 Å². The van der Waals surface area contributed by atoms with Crippen molar-refractivity contribution in [2.75, 3.05) is 5.32 Å². The Labute approximate surface area is 83.5 Å². The number of carbonyl (C=O) groups excluding carboxylic acids is 1. The van der Waals surface area contributed by atoms with E-state index in [1.807, 2.05) is 0 Å². The molecule has 0 aliphatic carbocycles. The molecule has 1 amide bonds. The van der Waals surface area contributed by atoms with E-state index in [9.17, 15) is 18.4 Å². The highest BCUT2D eigenvalue weighted by molar-refractivity contribution is 5.91. The van der Waals surface area contributed by atoms with Crippen LogP contribution in [0.2, 0.25) is 0 Å². The fraction of sp³-hybridized carbons (Fsp3) is 0.111. The fourth-order valence-corrected chi connectivity index (χ4v) is 1.05. The maximum absolute atomic E-state index is 13.0. The summed E-state index contributed by atoms with van der Waals surface area (Å²) < 4.78 is 26.1. The van der Waals surface area contributed by atoms with Crippen LogP contribution in [0.25, 0.3) is 0 Å². The van der Waals surface area contributed by atoms with Crippen LogP contribution in [0, 0.1) is 11.6 Å². The molecule has 2 N–H and O–H groups in total. The summed E-state index contributed by atoms with van der Waals surface area (Å²) in [4.78, 5) is 21.0. The van der Waals surface area contributed by atoms with Crippen molar-refractivity contribution in [3.8, 4) is 0 Å². The lowest BCUT2D eigenvalue weighted by atomic mass is 10.2. The van der Waals surface area contributed by atoms with Gasteiger partial charge in [0, 0.05) is 12.6 Å². The van der Waals surface area contributed by atoms with Gasteiger partial charge in [-0.3, -0.25) is 4.79 Å². The van der Waals surface area contributed by atoms with E-state index in [0.29, 0.717) is 0 Å². The van der Waals surface area contributed by atoms with E-state index in [0.717, 1.165) is 12.1 Å². The second kappa shape index (κ2) is 4.04. The Morgan fingerprint density at radius 3 is 2.07 bits per heavy atom. The van der Waals surface area contributed by atoms with Crippen molar-refractivity contribution in [3.63, 3.8) is 0 Å². The highest BCUT2D eigenvalue weighted by Crippen LogP contribution is 2.18. The first kappa shape index (κ1) is 11.1. The first-order valence-electron chi connectivity index (χ1n) is 3.91. The van der Waals surface area contributed by atoms with Crippen LogP contribution < -0.4 is 5.32 Å². The summed E-state index contributed by atoms with van der Waals surface area (Å²) in [5.74, 6) is -4.66. The highest BCUT2D eigenvalue weighted by atomic mass is 19.1. The highest BCUT2D eigenvalue weighted by Gasteiger charge is 2.17. The molecule has 0 atom stereocenters. The maximum Gasteiger partial charge on any atom is 0.341 e. The standard InChI is InChI=1S/C9H7F2NO3/c1-4(13)12-5-2-6(10)8(9(14)15)7(11)3-5/h2-3H,1H3,(H,12,13)(H,14,15). The van der Waals surface area contributed by atoms with Gasteiger partial charge in [0.25, 0.3) is 0 Å². The third-order valence-corrected chi connectivity index (χ3v) is 1.58. The number of hydrogen-bond acceptors (Lipinski definition) is 2. The maximum atomic E-state index is 13.0. The number of halogens is 2. The minimum Gasteiger partial charge on any atom is -0.477 e. The zero-order valence-electron chi connectivity index (χ0n) is 7.67. The van der Waals surface area contributed by atoms with Gasteiger partial charge in [-0.25, -0.2) is 13.6 Å². The average molecular weight is 215 g/mol. The number of aromatic carboxylic acids is 1. The zero-order valence-corrected chi connectivity index (χ0v) is 7.67. The molecular weight excluding hydrogens is 208 g/mol. The van der Waals surface area contributed by atoms with Crippen LogP contribution in [0.5, 0.6) is 0 Å². The number of rotatable bonds is 2. The lowest BCUT2D eigenvalue weighted by molar-refractivity contribution is -0.114. The first-order valence-corrected chi connectivity index (χ1v) is 3.91. The van der Waals surface area contributed by atoms with Crippen LogP contribution in [0.1, 0.15) is 17.3 Å². The van der Waals surface area contributed by atoms with Crippen molar-refractivity contribution in [1.82, 2.24) is 0 Å². The van der Waals surface area contributed by atoms with E-state index in [-0.39, 0.29) is 5.69 Å². The van der Waals surface area contributed by atoms with Gasteiger partial charge in [-0.05, 0) is 12.1 Å². The van der Waals surface area contributed by atoms with Crippen molar-refractivity contribution in [1.29, 1.82) is 0 Å². The van der Waals surface area contributed by atoms with Crippen LogP contribution >= 0.6 is 0 Å². The number of anilines is 1. The van der Waals surface area contributed by atoms with Crippen molar-refractivity contribution in [2.24, 2.45) is 0 Å². The Hall–Kier alpha value is -1.98. The van der Waals surface area contributed by atoms with E-state index < -0.39 is 29.1 Å². The summed E-state index contributed by atoms with van der Waals surface area (Å²) >= 11 is 0. The summed E-state index contributed by atoms with van der Waals surface area (Å²) in [7, 11) is 0. The van der Waals surface area contributed by atoms with E-state index in [1.54, 1.807) is 0 Å². The molecule has 15 heavy (non-hydrogen) atoms. The molecule has 0 fully saturated rings. The molecule has 4 nitrogen and oxygen atoms in total. The van der Waals surface area contributed by atoms with Crippen molar-refractivity contribution in [2.45, 2.75) is 6.92 Å². The van der Waals surface area contributed by atoms with Gasteiger partial charge in [-0.2, -0.15) is 0 Å². The number of carboxylic acids is 1. The Kier molecular flexibility index (Phi) is 2.99. The molecule has 0 unspecified atom stereocenters. The molecule has 0 aromatic heterocycles. The number of carbonyl (C=O) groups is 2. The predicted octanol–water partition coefficient (Wildman–Crippen LogP) is 1.62. The molecular formula is C9H7F2NO3. The third-order valence-electron chi connectivity index (χ3n) is 1.58. The quantitative estimate of drug-likeness (QED) is 0.787. The first-order chi connectivity index (χ1) is 6.91. The molecule has 0 radical (unpaired) electrons. The van der Waals surface area contributed by atoms with E-state index in [1.165, 1.54) is 6.92 Å². The van der Waals surface area contributed by atoms with Crippen molar-refractivity contribution >= 4 is 17.6 Å². The van der Waals surface area contributed by atoms with E-state index >= 15 is 0 Å². The summed E-state index contributed by atoms with van der Waals surface area (Å²) in [5.41, 5.74) is -1.16. The Morgan fingerprint density at radius 2 is 1.73 bits per heavy atom. The normalized spacial score (nSPS) is 9.80. The molecule has 0 aliphatic heterocycles. The SMILES string of the molecule is CC(=O)Nc1cc(F)c(C(=O)O)c(F)c1. The molecule has 0 saturated heterocycles. The smallest absolute Gasteiger partial charge is 0.341 e. The largest absolute Gasteiger partial charge is 0.477 e. The fourth-order valence-electron chi connectivity index (χ4n) is 1.05. The summed E-state index contributed by atoms with van der Waals surface area (Å²) in [5, 5.41) is 10.6. The second-order valence-corrected chi connectivity index (χ2v) is 2.80. The molecule has 80 valence electrons. The lowest BCUT2D eigenvalue weighted by Crippen LogP contribution is -2.09. The Balaban J connectivity index is 3.19. The predicted molar refractivity (Wildman–Crippen MR) is 47.6 cm³/mol. The van der Waals surface area contributed by atoms with Gasteiger partial charge in [0.15, 0.2) is 0 Å². The van der Waals surface area contributed by atoms with Crippen molar-refractivity contribution in [3.05, 3.63) is 29.3 Å². The van der Waals surface area contributed by atoms with Crippen molar-refractivity contribution < 1.29 is 23.5 Å². The molecule has 0 spiro atoms. The molecule has 6 heteroatoms. The minimum absolute atomic E-state index is 0.123. The average Bonchev–Trinajstić information content (AvgIpc) is 1.99. The van der Waals surface area contributed by atoms with E-state index in [4.69, 9.17) is 5.11 Å². The van der Waals surface area contributed by atoms with E-state index in [2.05, 4.69) is 5.32 Å². The number of nitrogens with one attached hydrogen (secondary N) is 1. The third kappa shape index (κ3) is 2.49. The summed E-state index contributed by atoms with van der Waals surface area (Å²) in [6.45, 7) is 1.17. The summed E-state index contributed by atoms with van der Waals surface area (Å²) in [6.07, 6.45) is 0. The molecule has 1 aromatic rings. The van der Waals surface area contributed by atoms with Gasteiger partial charge in [0.1, 0.15) is 17.2 Å². The number of carboxylic acid groups (broad SMARTS) is 1. The summed E-state index contributed by atoms with van der Waals surface area (Å²) in [6, 6.07) is 1.49. The van der Waals surface area contributed by atoms with Gasteiger partial charge < -0.3 is 10.4 Å². The van der Waals surface area contributed by atoms with Gasteiger partial charge >= 0.3 is 5.97 Å². The lowest BCUT2D eigenvalue weighted by Gasteiger charge is -2.05. The van der Waals surface area contributed by atoms with Crippen LogP contribution in [0.4, 0.5) is 14.5 Å². The molecule has 1 rings (SSSR count). The van der Waals surface area contributed by atoms with Crippen LogP contribution in [-0.2, 0) is 4.79 Å². The Bertz CT molecular complexity index is 408. The van der Waals surface area contributed by atoms with Gasteiger partial charge in [0.05, 0.1) is 0 Å². The number of benzene rings is 1. The molecule has 0 aliphatic rings. The molecule has 1 aromatic carbocycles. The monoisotopic (exact) mass is 215 g/mol. The van der Waals surface area contributed by atoms with Crippen LogP contribution in [0.15, 0.2) is 12.1 Å². The van der Waals surface area contributed by atoms with Gasteiger partial charge in [-0.15, -0.1) is 0 Å². The molecule has 0 heterocycles. The minimum atomic E-state index is -1.70. The molecule has 0 bridgehead atoms. The van der Waals surface area contributed by atoms with Gasteiger partial charge in [0.2, 0.25) is 5.91 Å². The number of amides is 1. The van der Waals surface area contributed by atoms with Gasteiger partial charge in [-0.1, -0.05) is 0 Å². The van der Waals surface area contributed by atoms with Crippen LogP contribution in [0.3, 0.4) is 0 Å². The number of hydrogen-bond donors (Lipinski definition) is 2. The zero-order chi connectivity index (χ0) is 11.6. The molecule has 0 saturated carbocycles. The Morgan fingerprint density at radius 1 is 1.27 bits per heavy atom. The van der Waals surface area contributed by atoms with Crippen LogP contribution in [-0.4, -0.2) is 17.0 Å². The second-order valence-electron chi connectivity index (χ2n) is 2.80.